The standard InChI is InChI=1S/C16H27NO/c1-11(9-13(3)18)10-17-15(5)16-8-6-7-12(2)14(16)4/h6-8,11,13,15,17-18H,9-10H2,1-5H3. The van der Waals surface area contributed by atoms with E-state index >= 15 is 0 Å². The van der Waals surface area contributed by atoms with Crippen molar-refractivity contribution in [2.24, 2.45) is 5.92 Å². The molecule has 0 amide bonds. The molecule has 0 saturated carbocycles. The third kappa shape index (κ3) is 4.43. The Hall–Kier alpha value is -0.860. The first-order chi connectivity index (χ1) is 8.41. The largest absolute Gasteiger partial charge is 0.393 e. The number of benzene rings is 1. The summed E-state index contributed by atoms with van der Waals surface area (Å²) in [5, 5.41) is 12.9. The average Bonchev–Trinajstić information content (AvgIpc) is 2.29. The predicted octanol–water partition coefficient (Wildman–Crippen LogP) is 3.36. The van der Waals surface area contributed by atoms with Crippen LogP contribution in [0.3, 0.4) is 0 Å². The second kappa shape index (κ2) is 6.91. The Kier molecular flexibility index (Phi) is 5.83. The summed E-state index contributed by atoms with van der Waals surface area (Å²) < 4.78 is 0. The molecule has 1 rings (SSSR count). The zero-order chi connectivity index (χ0) is 13.7. The molecule has 1 aromatic carbocycles. The molecule has 0 fully saturated rings. The van der Waals surface area contributed by atoms with Gasteiger partial charge in [-0.3, -0.25) is 0 Å². The van der Waals surface area contributed by atoms with Crippen molar-refractivity contribution in [3.05, 3.63) is 34.9 Å². The van der Waals surface area contributed by atoms with Crippen LogP contribution >= 0.6 is 0 Å². The summed E-state index contributed by atoms with van der Waals surface area (Å²) in [6.45, 7) is 11.5. The van der Waals surface area contributed by atoms with Crippen molar-refractivity contribution in [1.29, 1.82) is 0 Å². The van der Waals surface area contributed by atoms with E-state index in [-0.39, 0.29) is 6.10 Å². The van der Waals surface area contributed by atoms with E-state index in [4.69, 9.17) is 0 Å². The second-order valence-electron chi connectivity index (χ2n) is 5.61. The summed E-state index contributed by atoms with van der Waals surface area (Å²) >= 11 is 0. The third-order valence-corrected chi connectivity index (χ3v) is 3.63. The third-order valence-electron chi connectivity index (χ3n) is 3.63. The molecule has 0 aliphatic heterocycles. The van der Waals surface area contributed by atoms with E-state index in [1.165, 1.54) is 16.7 Å². The van der Waals surface area contributed by atoms with Gasteiger partial charge in [-0.25, -0.2) is 0 Å². The number of rotatable bonds is 6. The van der Waals surface area contributed by atoms with Crippen LogP contribution in [0.15, 0.2) is 18.2 Å². The maximum absolute atomic E-state index is 9.36. The van der Waals surface area contributed by atoms with Crippen LogP contribution in [0.4, 0.5) is 0 Å². The summed E-state index contributed by atoms with van der Waals surface area (Å²) in [5.74, 6) is 0.498. The molecule has 0 aliphatic carbocycles. The molecule has 102 valence electrons. The summed E-state index contributed by atoms with van der Waals surface area (Å²) in [6.07, 6.45) is 0.643. The highest BCUT2D eigenvalue weighted by molar-refractivity contribution is 5.34. The van der Waals surface area contributed by atoms with Gasteiger partial charge in [0.15, 0.2) is 0 Å². The SMILES string of the molecule is Cc1cccc(C(C)NCC(C)CC(C)O)c1C. The smallest absolute Gasteiger partial charge is 0.0515 e. The van der Waals surface area contributed by atoms with Crippen LogP contribution < -0.4 is 5.32 Å². The van der Waals surface area contributed by atoms with Gasteiger partial charge in [0.25, 0.3) is 0 Å². The van der Waals surface area contributed by atoms with E-state index in [2.05, 4.69) is 51.2 Å². The second-order valence-corrected chi connectivity index (χ2v) is 5.61. The molecule has 0 bridgehead atoms. The van der Waals surface area contributed by atoms with Crippen molar-refractivity contribution in [2.45, 2.75) is 53.2 Å². The maximum atomic E-state index is 9.36. The van der Waals surface area contributed by atoms with Crippen molar-refractivity contribution in [1.82, 2.24) is 5.32 Å². The highest BCUT2D eigenvalue weighted by Gasteiger charge is 2.11. The Balaban J connectivity index is 2.55. The van der Waals surface area contributed by atoms with Crippen molar-refractivity contribution in [2.75, 3.05) is 6.54 Å². The summed E-state index contributed by atoms with van der Waals surface area (Å²) in [4.78, 5) is 0. The van der Waals surface area contributed by atoms with Crippen LogP contribution in [0.25, 0.3) is 0 Å². The molecule has 3 atom stereocenters. The van der Waals surface area contributed by atoms with Gasteiger partial charge in [0.1, 0.15) is 0 Å². The minimum absolute atomic E-state index is 0.210. The van der Waals surface area contributed by atoms with Gasteiger partial charge < -0.3 is 10.4 Å². The van der Waals surface area contributed by atoms with Gasteiger partial charge in [-0.15, -0.1) is 0 Å². The molecule has 18 heavy (non-hydrogen) atoms. The molecule has 0 spiro atoms. The Morgan fingerprint density at radius 2 is 1.83 bits per heavy atom. The molecule has 2 N–H and O–H groups in total. The highest BCUT2D eigenvalue weighted by atomic mass is 16.3. The number of aliphatic hydroxyl groups excluding tert-OH is 1. The maximum Gasteiger partial charge on any atom is 0.0515 e. The number of nitrogens with one attached hydrogen (secondary N) is 1. The van der Waals surface area contributed by atoms with Crippen LogP contribution in [-0.2, 0) is 0 Å². The Morgan fingerprint density at radius 3 is 2.44 bits per heavy atom. The van der Waals surface area contributed by atoms with Crippen molar-refractivity contribution in [3.63, 3.8) is 0 Å². The van der Waals surface area contributed by atoms with E-state index in [9.17, 15) is 5.11 Å². The number of hydrogen-bond donors (Lipinski definition) is 2. The van der Waals surface area contributed by atoms with E-state index in [0.717, 1.165) is 13.0 Å². The molecule has 0 saturated heterocycles. The van der Waals surface area contributed by atoms with E-state index in [1.54, 1.807) is 0 Å². The molecule has 0 heterocycles. The average molecular weight is 249 g/mol. The van der Waals surface area contributed by atoms with Crippen LogP contribution in [0.1, 0.15) is 49.9 Å². The van der Waals surface area contributed by atoms with Gasteiger partial charge in [0, 0.05) is 6.04 Å². The number of aliphatic hydroxyl groups is 1. The van der Waals surface area contributed by atoms with E-state index < -0.39 is 0 Å². The fraction of sp³-hybridized carbons (Fsp3) is 0.625. The first-order valence-corrected chi connectivity index (χ1v) is 6.89. The molecule has 2 nitrogen and oxygen atoms in total. The predicted molar refractivity (Wildman–Crippen MR) is 77.8 cm³/mol. The zero-order valence-electron chi connectivity index (χ0n) is 12.3. The molecule has 1 aromatic rings. The molecule has 0 aliphatic rings. The van der Waals surface area contributed by atoms with Crippen molar-refractivity contribution >= 4 is 0 Å². The van der Waals surface area contributed by atoms with Crippen LogP contribution in [0.5, 0.6) is 0 Å². The van der Waals surface area contributed by atoms with Gasteiger partial charge in [-0.1, -0.05) is 25.1 Å². The first kappa shape index (κ1) is 15.2. The Bertz CT molecular complexity index is 373. The summed E-state index contributed by atoms with van der Waals surface area (Å²) in [7, 11) is 0. The fourth-order valence-electron chi connectivity index (χ4n) is 2.40. The lowest BCUT2D eigenvalue weighted by molar-refractivity contribution is 0.162. The monoisotopic (exact) mass is 249 g/mol. The minimum atomic E-state index is -0.210. The molecule has 0 aromatic heterocycles. The quantitative estimate of drug-likeness (QED) is 0.810. The van der Waals surface area contributed by atoms with Crippen molar-refractivity contribution < 1.29 is 5.11 Å². The summed E-state index contributed by atoms with van der Waals surface area (Å²) in [6, 6.07) is 6.83. The lowest BCUT2D eigenvalue weighted by atomic mass is 9.97. The van der Waals surface area contributed by atoms with Crippen LogP contribution in [0.2, 0.25) is 0 Å². The van der Waals surface area contributed by atoms with Crippen LogP contribution in [0, 0.1) is 19.8 Å². The van der Waals surface area contributed by atoms with Gasteiger partial charge in [0.05, 0.1) is 6.10 Å². The van der Waals surface area contributed by atoms with Gasteiger partial charge in [-0.05, 0) is 63.3 Å². The number of aryl methyl sites for hydroxylation is 1. The van der Waals surface area contributed by atoms with Gasteiger partial charge in [-0.2, -0.15) is 0 Å². The number of hydrogen-bond acceptors (Lipinski definition) is 2. The zero-order valence-corrected chi connectivity index (χ0v) is 12.3. The molecular weight excluding hydrogens is 222 g/mol. The molecular formula is C16H27NO. The molecule has 3 unspecified atom stereocenters. The van der Waals surface area contributed by atoms with E-state index in [1.807, 2.05) is 6.92 Å². The first-order valence-electron chi connectivity index (χ1n) is 6.89. The molecule has 2 heteroatoms. The van der Waals surface area contributed by atoms with Crippen molar-refractivity contribution in [3.8, 4) is 0 Å². The van der Waals surface area contributed by atoms with Crippen LogP contribution in [-0.4, -0.2) is 17.8 Å². The van der Waals surface area contributed by atoms with E-state index in [0.29, 0.717) is 12.0 Å². The molecule has 0 radical (unpaired) electrons. The fourth-order valence-corrected chi connectivity index (χ4v) is 2.40. The Morgan fingerprint density at radius 1 is 1.17 bits per heavy atom. The normalized spacial score (nSPS) is 16.3. The lowest BCUT2D eigenvalue weighted by Gasteiger charge is -2.21. The lowest BCUT2D eigenvalue weighted by Crippen LogP contribution is -2.26. The Labute approximate surface area is 111 Å². The minimum Gasteiger partial charge on any atom is -0.393 e. The van der Waals surface area contributed by atoms with Gasteiger partial charge >= 0.3 is 0 Å². The summed E-state index contributed by atoms with van der Waals surface area (Å²) in [5.41, 5.74) is 4.10. The topological polar surface area (TPSA) is 32.3 Å². The van der Waals surface area contributed by atoms with Gasteiger partial charge in [0.2, 0.25) is 0 Å². The highest BCUT2D eigenvalue weighted by Crippen LogP contribution is 2.20.